The summed E-state index contributed by atoms with van der Waals surface area (Å²) in [5.41, 5.74) is 2.42. The van der Waals surface area contributed by atoms with E-state index in [-0.39, 0.29) is 11.5 Å². The van der Waals surface area contributed by atoms with Crippen molar-refractivity contribution in [1.82, 2.24) is 0 Å². The van der Waals surface area contributed by atoms with Crippen LogP contribution in [0.5, 0.6) is 0 Å². The number of non-ortho nitro benzene ring substituents is 1. The molecule has 0 aliphatic rings. The summed E-state index contributed by atoms with van der Waals surface area (Å²) >= 11 is 3.10. The van der Waals surface area contributed by atoms with Crippen LogP contribution in [0.25, 0.3) is 0 Å². The normalized spacial score (nSPS) is 10.3. The molecule has 2 aromatic rings. The van der Waals surface area contributed by atoms with Crippen LogP contribution in [-0.4, -0.2) is 4.92 Å². The van der Waals surface area contributed by atoms with Crippen LogP contribution in [0.4, 0.5) is 15.8 Å². The third-order valence-corrected chi connectivity index (χ3v) is 3.53. The molecule has 2 rings (SSSR count). The van der Waals surface area contributed by atoms with Crippen molar-refractivity contribution in [2.75, 3.05) is 5.32 Å². The maximum Gasteiger partial charge on any atom is 0.269 e. The van der Waals surface area contributed by atoms with Gasteiger partial charge in [-0.15, -0.1) is 0 Å². The van der Waals surface area contributed by atoms with Crippen molar-refractivity contribution in [3.05, 3.63) is 67.9 Å². The van der Waals surface area contributed by atoms with Crippen molar-refractivity contribution in [2.45, 2.75) is 13.5 Å². The van der Waals surface area contributed by atoms with Crippen molar-refractivity contribution in [3.8, 4) is 0 Å². The first-order chi connectivity index (χ1) is 9.47. The highest BCUT2D eigenvalue weighted by atomic mass is 79.9. The zero-order chi connectivity index (χ0) is 14.7. The van der Waals surface area contributed by atoms with Crippen molar-refractivity contribution in [3.63, 3.8) is 0 Å². The number of anilines is 1. The first-order valence-corrected chi connectivity index (χ1v) is 6.69. The van der Waals surface area contributed by atoms with E-state index >= 15 is 0 Å². The van der Waals surface area contributed by atoms with Gasteiger partial charge in [-0.2, -0.15) is 0 Å². The predicted molar refractivity (Wildman–Crippen MR) is 79.3 cm³/mol. The molecule has 1 N–H and O–H groups in total. The van der Waals surface area contributed by atoms with Crippen molar-refractivity contribution in [2.24, 2.45) is 0 Å². The van der Waals surface area contributed by atoms with Crippen molar-refractivity contribution >= 4 is 27.3 Å². The summed E-state index contributed by atoms with van der Waals surface area (Å²) in [6.45, 7) is 2.24. The van der Waals surface area contributed by atoms with Gasteiger partial charge >= 0.3 is 0 Å². The number of nitro groups is 1. The van der Waals surface area contributed by atoms with E-state index in [1.807, 2.05) is 0 Å². The number of rotatable bonds is 4. The maximum atomic E-state index is 13.4. The number of hydrogen-bond donors (Lipinski definition) is 1. The molecule has 0 aliphatic heterocycles. The Balaban J connectivity index is 2.10. The molecule has 6 heteroatoms. The van der Waals surface area contributed by atoms with Crippen LogP contribution in [0.15, 0.2) is 40.9 Å². The fraction of sp³-hybridized carbons (Fsp3) is 0.143. The van der Waals surface area contributed by atoms with Gasteiger partial charge in [0.2, 0.25) is 0 Å². The summed E-state index contributed by atoms with van der Waals surface area (Å²) < 4.78 is 13.8. The lowest BCUT2D eigenvalue weighted by molar-refractivity contribution is -0.384. The van der Waals surface area contributed by atoms with Gasteiger partial charge in [0.05, 0.1) is 9.40 Å². The molecule has 0 aromatic heterocycles. The van der Waals surface area contributed by atoms with Gasteiger partial charge in [-0.1, -0.05) is 6.07 Å². The Morgan fingerprint density at radius 1 is 1.30 bits per heavy atom. The van der Waals surface area contributed by atoms with Crippen molar-refractivity contribution in [1.29, 1.82) is 0 Å². The highest BCUT2D eigenvalue weighted by Gasteiger charge is 2.08. The largest absolute Gasteiger partial charge is 0.381 e. The minimum atomic E-state index is -0.430. The topological polar surface area (TPSA) is 55.2 Å². The Hall–Kier alpha value is -1.95. The van der Waals surface area contributed by atoms with Gasteiger partial charge in [-0.05, 0) is 52.2 Å². The molecule has 0 spiro atoms. The second kappa shape index (κ2) is 6.00. The van der Waals surface area contributed by atoms with Gasteiger partial charge in [0.25, 0.3) is 5.69 Å². The molecule has 0 fully saturated rings. The lowest BCUT2D eigenvalue weighted by Gasteiger charge is -2.09. The highest BCUT2D eigenvalue weighted by molar-refractivity contribution is 9.10. The van der Waals surface area contributed by atoms with Crippen LogP contribution in [0.2, 0.25) is 0 Å². The Morgan fingerprint density at radius 3 is 2.65 bits per heavy atom. The van der Waals surface area contributed by atoms with Crippen LogP contribution < -0.4 is 5.32 Å². The molecule has 104 valence electrons. The minimum absolute atomic E-state index is 0.0581. The number of aryl methyl sites for hydroxylation is 1. The summed E-state index contributed by atoms with van der Waals surface area (Å²) in [7, 11) is 0. The Kier molecular flexibility index (Phi) is 4.34. The lowest BCUT2D eigenvalue weighted by Crippen LogP contribution is -2.02. The molecule has 0 saturated heterocycles. The van der Waals surface area contributed by atoms with E-state index in [1.165, 1.54) is 18.2 Å². The third-order valence-electron chi connectivity index (χ3n) is 2.89. The molecular weight excluding hydrogens is 327 g/mol. The second-order valence-corrected chi connectivity index (χ2v) is 5.21. The summed E-state index contributed by atoms with van der Waals surface area (Å²) in [4.78, 5) is 10.2. The smallest absolute Gasteiger partial charge is 0.269 e. The molecular formula is C14H12BrFN2O2. The van der Waals surface area contributed by atoms with E-state index < -0.39 is 4.92 Å². The number of halogens is 2. The van der Waals surface area contributed by atoms with Gasteiger partial charge in [-0.3, -0.25) is 10.1 Å². The van der Waals surface area contributed by atoms with Crippen molar-refractivity contribution < 1.29 is 9.31 Å². The monoisotopic (exact) mass is 338 g/mol. The number of hydrogen-bond acceptors (Lipinski definition) is 3. The molecule has 2 aromatic carbocycles. The summed E-state index contributed by atoms with van der Waals surface area (Å²) in [6, 6.07) is 9.50. The summed E-state index contributed by atoms with van der Waals surface area (Å²) in [5.74, 6) is -0.315. The molecule has 0 atom stereocenters. The fourth-order valence-electron chi connectivity index (χ4n) is 1.81. The SMILES string of the molecule is Cc1cc([N+](=O)[O-])ccc1NCc1ccc(Br)c(F)c1. The fourth-order valence-corrected chi connectivity index (χ4v) is 2.05. The maximum absolute atomic E-state index is 13.4. The van der Waals surface area contributed by atoms with Crippen LogP contribution in [-0.2, 0) is 6.54 Å². The van der Waals surface area contributed by atoms with Crippen LogP contribution >= 0.6 is 15.9 Å². The van der Waals surface area contributed by atoms with Crippen LogP contribution in [0.1, 0.15) is 11.1 Å². The van der Waals surface area contributed by atoms with E-state index in [0.29, 0.717) is 11.0 Å². The number of nitro benzene ring substituents is 1. The van der Waals surface area contributed by atoms with Crippen LogP contribution in [0.3, 0.4) is 0 Å². The molecule has 0 radical (unpaired) electrons. The van der Waals surface area contributed by atoms with Gasteiger partial charge < -0.3 is 5.32 Å². The average molecular weight is 339 g/mol. The highest BCUT2D eigenvalue weighted by Crippen LogP contribution is 2.22. The Labute approximate surface area is 123 Å². The Bertz CT molecular complexity index is 662. The molecule has 0 unspecified atom stereocenters. The predicted octanol–water partition coefficient (Wildman–Crippen LogP) is 4.42. The molecule has 0 heterocycles. The van der Waals surface area contributed by atoms with E-state index in [4.69, 9.17) is 0 Å². The zero-order valence-corrected chi connectivity index (χ0v) is 12.3. The standard InChI is InChI=1S/C14H12BrFN2O2/c1-9-6-11(18(19)20)3-5-14(9)17-8-10-2-4-12(15)13(16)7-10/h2-7,17H,8H2,1H3. The second-order valence-electron chi connectivity index (χ2n) is 4.36. The molecule has 20 heavy (non-hydrogen) atoms. The third kappa shape index (κ3) is 3.33. The average Bonchev–Trinajstić information content (AvgIpc) is 2.41. The summed E-state index contributed by atoms with van der Waals surface area (Å²) in [5, 5.41) is 13.8. The van der Waals surface area contributed by atoms with E-state index in [2.05, 4.69) is 21.2 Å². The number of nitrogens with one attached hydrogen (secondary N) is 1. The minimum Gasteiger partial charge on any atom is -0.381 e. The first kappa shape index (κ1) is 14.5. The summed E-state index contributed by atoms with van der Waals surface area (Å²) in [6.07, 6.45) is 0. The molecule has 4 nitrogen and oxygen atoms in total. The quantitative estimate of drug-likeness (QED) is 0.663. The first-order valence-electron chi connectivity index (χ1n) is 5.90. The van der Waals surface area contributed by atoms with Gasteiger partial charge in [0.15, 0.2) is 0 Å². The van der Waals surface area contributed by atoms with Crippen LogP contribution in [0, 0.1) is 22.9 Å². The van der Waals surface area contributed by atoms with E-state index in [9.17, 15) is 14.5 Å². The number of nitrogens with zero attached hydrogens (tertiary/aromatic N) is 1. The van der Waals surface area contributed by atoms with E-state index in [0.717, 1.165) is 16.8 Å². The van der Waals surface area contributed by atoms with Gasteiger partial charge in [0, 0.05) is 24.4 Å². The number of benzene rings is 2. The van der Waals surface area contributed by atoms with E-state index in [1.54, 1.807) is 25.1 Å². The van der Waals surface area contributed by atoms with Gasteiger partial charge in [0.1, 0.15) is 5.82 Å². The molecule has 0 amide bonds. The zero-order valence-electron chi connectivity index (χ0n) is 10.7. The molecule has 0 aliphatic carbocycles. The molecule has 0 saturated carbocycles. The molecule has 0 bridgehead atoms. The van der Waals surface area contributed by atoms with Gasteiger partial charge in [-0.25, -0.2) is 4.39 Å². The lowest BCUT2D eigenvalue weighted by atomic mass is 10.1. The Morgan fingerprint density at radius 2 is 2.05 bits per heavy atom.